The zero-order chi connectivity index (χ0) is 15.2. The van der Waals surface area contributed by atoms with Crippen LogP contribution in [-0.2, 0) is 6.54 Å². The highest BCUT2D eigenvalue weighted by atomic mass is 79.9. The molecule has 21 heavy (non-hydrogen) atoms. The van der Waals surface area contributed by atoms with E-state index >= 15 is 0 Å². The van der Waals surface area contributed by atoms with Crippen molar-refractivity contribution in [3.8, 4) is 5.75 Å². The van der Waals surface area contributed by atoms with Crippen molar-refractivity contribution in [3.63, 3.8) is 0 Å². The van der Waals surface area contributed by atoms with Crippen LogP contribution in [0.2, 0.25) is 0 Å². The largest absolute Gasteiger partial charge is 0.495 e. The number of hydrogen-bond acceptors (Lipinski definition) is 3. The minimum absolute atomic E-state index is 0.0804. The fourth-order valence-electron chi connectivity index (χ4n) is 1.93. The third kappa shape index (κ3) is 3.98. The van der Waals surface area contributed by atoms with Crippen molar-refractivity contribution >= 4 is 27.5 Å². The number of halogens is 1. The minimum atomic E-state index is -0.0804. The Morgan fingerprint density at radius 1 is 1.19 bits per heavy atom. The van der Waals surface area contributed by atoms with Gasteiger partial charge in [0.2, 0.25) is 0 Å². The van der Waals surface area contributed by atoms with Gasteiger partial charge in [-0.1, -0.05) is 28.1 Å². The summed E-state index contributed by atoms with van der Waals surface area (Å²) in [4.78, 5) is 11.5. The molecule has 0 aliphatic rings. The fraction of sp³-hybridized carbons (Fsp3) is 0.188. The summed E-state index contributed by atoms with van der Waals surface area (Å²) >= 11 is 3.45. The molecule has 0 bridgehead atoms. The summed E-state index contributed by atoms with van der Waals surface area (Å²) in [6.07, 6.45) is 0. The normalized spacial score (nSPS) is 10.0. The lowest BCUT2D eigenvalue weighted by Gasteiger charge is -2.12. The number of hydrogen-bond donors (Lipinski definition) is 2. The minimum Gasteiger partial charge on any atom is -0.495 e. The molecule has 5 heteroatoms. The van der Waals surface area contributed by atoms with Gasteiger partial charge in [-0.25, -0.2) is 0 Å². The average Bonchev–Trinajstić information content (AvgIpc) is 2.52. The molecule has 0 heterocycles. The van der Waals surface area contributed by atoms with Crippen LogP contribution in [0.25, 0.3) is 0 Å². The molecule has 0 aromatic heterocycles. The molecule has 0 aliphatic heterocycles. The van der Waals surface area contributed by atoms with Gasteiger partial charge in [-0.15, -0.1) is 0 Å². The van der Waals surface area contributed by atoms with Gasteiger partial charge in [-0.2, -0.15) is 0 Å². The maximum atomic E-state index is 11.5. The average molecular weight is 349 g/mol. The van der Waals surface area contributed by atoms with Crippen LogP contribution in [0, 0.1) is 0 Å². The number of carbonyl (C=O) groups is 1. The summed E-state index contributed by atoms with van der Waals surface area (Å²) in [6, 6.07) is 13.3. The first-order valence-corrected chi connectivity index (χ1v) is 7.31. The van der Waals surface area contributed by atoms with Gasteiger partial charge in [0.15, 0.2) is 0 Å². The Morgan fingerprint density at radius 3 is 2.52 bits per heavy atom. The molecule has 0 radical (unpaired) electrons. The van der Waals surface area contributed by atoms with Crippen molar-refractivity contribution in [3.05, 3.63) is 58.1 Å². The van der Waals surface area contributed by atoms with Crippen LogP contribution in [0.1, 0.15) is 15.9 Å². The standard InChI is InChI=1S/C16H17BrN2O2/c1-18-16(20)12-5-3-11(4-6-12)10-19-14-9-13(17)7-8-15(14)21-2/h3-9,19H,10H2,1-2H3,(H,18,20). The molecule has 110 valence electrons. The van der Waals surface area contributed by atoms with E-state index in [1.807, 2.05) is 42.5 Å². The molecule has 0 fully saturated rings. The van der Waals surface area contributed by atoms with Crippen LogP contribution in [0.5, 0.6) is 5.75 Å². The number of ether oxygens (including phenoxy) is 1. The third-order valence-electron chi connectivity index (χ3n) is 3.09. The molecular formula is C16H17BrN2O2. The van der Waals surface area contributed by atoms with E-state index < -0.39 is 0 Å². The van der Waals surface area contributed by atoms with Crippen LogP contribution < -0.4 is 15.4 Å². The lowest BCUT2D eigenvalue weighted by atomic mass is 10.1. The molecule has 0 saturated carbocycles. The van der Waals surface area contributed by atoms with Crippen LogP contribution >= 0.6 is 15.9 Å². The molecule has 0 atom stereocenters. The summed E-state index contributed by atoms with van der Waals surface area (Å²) in [5.74, 6) is 0.711. The van der Waals surface area contributed by atoms with Crippen molar-refractivity contribution in [2.45, 2.75) is 6.54 Å². The Labute approximate surface area is 132 Å². The summed E-state index contributed by atoms with van der Waals surface area (Å²) < 4.78 is 6.30. The molecular weight excluding hydrogens is 332 g/mol. The Hall–Kier alpha value is -2.01. The molecule has 0 aliphatic carbocycles. The Balaban J connectivity index is 2.06. The second-order valence-corrected chi connectivity index (χ2v) is 5.39. The Bertz CT molecular complexity index is 627. The SMILES string of the molecule is CNC(=O)c1ccc(CNc2cc(Br)ccc2OC)cc1. The Morgan fingerprint density at radius 2 is 1.90 bits per heavy atom. The van der Waals surface area contributed by atoms with Crippen molar-refractivity contribution in [2.24, 2.45) is 0 Å². The highest BCUT2D eigenvalue weighted by Gasteiger charge is 2.05. The van der Waals surface area contributed by atoms with Gasteiger partial charge in [-0.05, 0) is 35.9 Å². The molecule has 0 spiro atoms. The molecule has 2 N–H and O–H groups in total. The zero-order valence-electron chi connectivity index (χ0n) is 11.9. The fourth-order valence-corrected chi connectivity index (χ4v) is 2.30. The molecule has 0 unspecified atom stereocenters. The zero-order valence-corrected chi connectivity index (χ0v) is 13.5. The Kier molecular flexibility index (Phi) is 5.22. The van der Waals surface area contributed by atoms with E-state index in [1.165, 1.54) is 0 Å². The molecule has 0 saturated heterocycles. The van der Waals surface area contributed by atoms with E-state index in [2.05, 4.69) is 26.6 Å². The molecule has 4 nitrogen and oxygen atoms in total. The van der Waals surface area contributed by atoms with Gasteiger partial charge in [0, 0.05) is 23.6 Å². The second-order valence-electron chi connectivity index (χ2n) is 4.47. The second kappa shape index (κ2) is 7.13. The van der Waals surface area contributed by atoms with Gasteiger partial charge in [0.1, 0.15) is 5.75 Å². The first kappa shape index (κ1) is 15.4. The maximum absolute atomic E-state index is 11.5. The number of methoxy groups -OCH3 is 1. The number of rotatable bonds is 5. The van der Waals surface area contributed by atoms with Gasteiger partial charge in [0.25, 0.3) is 5.91 Å². The number of benzene rings is 2. The van der Waals surface area contributed by atoms with E-state index in [4.69, 9.17) is 4.74 Å². The molecule has 2 aromatic rings. The van der Waals surface area contributed by atoms with Gasteiger partial charge < -0.3 is 15.4 Å². The summed E-state index contributed by atoms with van der Waals surface area (Å²) in [7, 11) is 3.27. The van der Waals surface area contributed by atoms with E-state index in [0.29, 0.717) is 12.1 Å². The summed E-state index contributed by atoms with van der Waals surface area (Å²) in [6.45, 7) is 0.654. The maximum Gasteiger partial charge on any atom is 0.251 e. The summed E-state index contributed by atoms with van der Waals surface area (Å²) in [5, 5.41) is 5.93. The van der Waals surface area contributed by atoms with Crippen LogP contribution in [0.15, 0.2) is 46.9 Å². The third-order valence-corrected chi connectivity index (χ3v) is 3.58. The van der Waals surface area contributed by atoms with Gasteiger partial charge in [-0.3, -0.25) is 4.79 Å². The van der Waals surface area contributed by atoms with E-state index in [-0.39, 0.29) is 5.91 Å². The molecule has 2 aromatic carbocycles. The van der Waals surface area contributed by atoms with Crippen molar-refractivity contribution in [1.82, 2.24) is 5.32 Å². The number of carbonyl (C=O) groups excluding carboxylic acids is 1. The number of amides is 1. The van der Waals surface area contributed by atoms with Gasteiger partial charge in [0.05, 0.1) is 12.8 Å². The van der Waals surface area contributed by atoms with Crippen molar-refractivity contribution in [2.75, 3.05) is 19.5 Å². The van der Waals surface area contributed by atoms with Crippen LogP contribution in [0.3, 0.4) is 0 Å². The predicted molar refractivity (Wildman–Crippen MR) is 87.9 cm³/mol. The lowest BCUT2D eigenvalue weighted by Crippen LogP contribution is -2.17. The van der Waals surface area contributed by atoms with E-state index in [0.717, 1.165) is 21.5 Å². The van der Waals surface area contributed by atoms with Crippen LogP contribution in [-0.4, -0.2) is 20.1 Å². The highest BCUT2D eigenvalue weighted by molar-refractivity contribution is 9.10. The number of anilines is 1. The predicted octanol–water partition coefficient (Wildman–Crippen LogP) is 3.43. The summed E-state index contributed by atoms with van der Waals surface area (Å²) in [5.41, 5.74) is 2.66. The van der Waals surface area contributed by atoms with E-state index in [9.17, 15) is 4.79 Å². The smallest absolute Gasteiger partial charge is 0.251 e. The van der Waals surface area contributed by atoms with Crippen LogP contribution in [0.4, 0.5) is 5.69 Å². The first-order valence-electron chi connectivity index (χ1n) is 6.52. The topological polar surface area (TPSA) is 50.4 Å². The monoisotopic (exact) mass is 348 g/mol. The van der Waals surface area contributed by atoms with E-state index in [1.54, 1.807) is 14.2 Å². The van der Waals surface area contributed by atoms with Crippen molar-refractivity contribution < 1.29 is 9.53 Å². The molecule has 1 amide bonds. The highest BCUT2D eigenvalue weighted by Crippen LogP contribution is 2.28. The number of nitrogens with one attached hydrogen (secondary N) is 2. The van der Waals surface area contributed by atoms with Gasteiger partial charge >= 0.3 is 0 Å². The first-order chi connectivity index (χ1) is 10.1. The quantitative estimate of drug-likeness (QED) is 0.870. The van der Waals surface area contributed by atoms with Crippen molar-refractivity contribution in [1.29, 1.82) is 0 Å². The molecule has 2 rings (SSSR count). The lowest BCUT2D eigenvalue weighted by molar-refractivity contribution is 0.0963.